The van der Waals surface area contributed by atoms with E-state index in [-0.39, 0.29) is 5.75 Å². The Hall–Kier alpha value is -3.23. The average Bonchev–Trinajstić information content (AvgIpc) is 3.16. The molecule has 10 nitrogen and oxygen atoms in total. The number of carbonyl (C=O) groups is 1. The lowest BCUT2D eigenvalue weighted by Gasteiger charge is -2.33. The largest absolute Gasteiger partial charge is 0.573 e. The number of benzene rings is 1. The van der Waals surface area contributed by atoms with E-state index >= 15 is 0 Å². The highest BCUT2D eigenvalue weighted by Crippen LogP contribution is 2.29. The zero-order valence-electron chi connectivity index (χ0n) is 17.3. The summed E-state index contributed by atoms with van der Waals surface area (Å²) >= 11 is 1.16. The van der Waals surface area contributed by atoms with Gasteiger partial charge in [-0.05, 0) is 17.7 Å². The monoisotopic (exact) mass is 484 g/mol. The van der Waals surface area contributed by atoms with Gasteiger partial charge in [-0.2, -0.15) is 4.98 Å². The molecule has 1 saturated heterocycles. The molecule has 1 aliphatic rings. The molecule has 1 aromatic carbocycles. The molecule has 33 heavy (non-hydrogen) atoms. The van der Waals surface area contributed by atoms with E-state index in [1.807, 2.05) is 4.90 Å². The van der Waals surface area contributed by atoms with Gasteiger partial charge in [0.05, 0.1) is 7.11 Å². The molecule has 0 unspecified atom stereocenters. The molecule has 3 aromatic rings. The molecule has 1 fully saturated rings. The Morgan fingerprint density at radius 1 is 1.21 bits per heavy atom. The maximum Gasteiger partial charge on any atom is 0.573 e. The summed E-state index contributed by atoms with van der Waals surface area (Å²) in [6, 6.07) is 5.87. The number of hydrogen-bond donors (Lipinski definition) is 1. The van der Waals surface area contributed by atoms with Crippen LogP contribution in [0.2, 0.25) is 0 Å². The van der Waals surface area contributed by atoms with Crippen molar-refractivity contribution in [3.63, 3.8) is 0 Å². The molecule has 0 aliphatic carbocycles. The molecule has 4 rings (SSSR count). The molecule has 0 bridgehead atoms. The van der Waals surface area contributed by atoms with Gasteiger partial charge < -0.3 is 14.3 Å². The minimum atomic E-state index is -4.73. The number of ether oxygens (including phenoxy) is 2. The summed E-state index contributed by atoms with van der Waals surface area (Å²) in [4.78, 5) is 32.5. The summed E-state index contributed by atoms with van der Waals surface area (Å²) in [5.74, 6) is 0.0568. The quantitative estimate of drug-likeness (QED) is 0.565. The predicted octanol–water partition coefficient (Wildman–Crippen LogP) is 3.27. The van der Waals surface area contributed by atoms with Crippen LogP contribution in [-0.2, 0) is 11.4 Å². The van der Waals surface area contributed by atoms with E-state index in [0.29, 0.717) is 59.6 Å². The molecular formula is C19H19F3N6O4S. The number of nitrogens with one attached hydrogen (secondary N) is 1. The second-order valence-corrected chi connectivity index (χ2v) is 7.94. The second kappa shape index (κ2) is 9.72. The maximum absolute atomic E-state index is 12.4. The maximum atomic E-state index is 12.4. The highest BCUT2D eigenvalue weighted by molar-refractivity contribution is 7.22. The number of alkyl halides is 3. The van der Waals surface area contributed by atoms with Crippen LogP contribution in [0, 0.1) is 0 Å². The highest BCUT2D eigenvalue weighted by atomic mass is 32.1. The van der Waals surface area contributed by atoms with Gasteiger partial charge in [0, 0.05) is 32.7 Å². The van der Waals surface area contributed by atoms with Crippen LogP contribution in [0.5, 0.6) is 11.6 Å². The molecule has 1 amide bonds. The zero-order valence-corrected chi connectivity index (χ0v) is 18.1. The van der Waals surface area contributed by atoms with Crippen LogP contribution in [0.15, 0.2) is 30.6 Å². The van der Waals surface area contributed by atoms with E-state index in [9.17, 15) is 18.0 Å². The van der Waals surface area contributed by atoms with Crippen molar-refractivity contribution >= 4 is 32.9 Å². The first-order valence-electron chi connectivity index (χ1n) is 9.75. The van der Waals surface area contributed by atoms with Gasteiger partial charge in [0.2, 0.25) is 5.88 Å². The number of piperazine rings is 1. The van der Waals surface area contributed by atoms with Gasteiger partial charge >= 0.3 is 12.5 Å². The molecule has 1 aliphatic heterocycles. The topological polar surface area (TPSA) is 102 Å². The first-order valence-corrected chi connectivity index (χ1v) is 10.6. The van der Waals surface area contributed by atoms with Gasteiger partial charge in [0.25, 0.3) is 0 Å². The predicted molar refractivity (Wildman–Crippen MR) is 112 cm³/mol. The Bertz CT molecular complexity index is 1120. The van der Waals surface area contributed by atoms with Crippen LogP contribution >= 0.6 is 11.3 Å². The summed E-state index contributed by atoms with van der Waals surface area (Å²) in [6.07, 6.45) is -4.07. The molecule has 14 heteroatoms. The van der Waals surface area contributed by atoms with Crippen molar-refractivity contribution in [3.8, 4) is 11.6 Å². The number of hydrogen-bond acceptors (Lipinski definition) is 10. The van der Waals surface area contributed by atoms with E-state index in [2.05, 4.69) is 25.0 Å². The van der Waals surface area contributed by atoms with Gasteiger partial charge in [-0.1, -0.05) is 23.5 Å². The number of rotatable bonds is 6. The summed E-state index contributed by atoms with van der Waals surface area (Å²) < 4.78 is 46.3. The number of methoxy groups -OCH3 is 1. The molecule has 3 heterocycles. The number of anilines is 1. The van der Waals surface area contributed by atoms with Crippen LogP contribution < -0.4 is 14.8 Å². The van der Waals surface area contributed by atoms with E-state index in [0.717, 1.165) is 11.3 Å². The smallest absolute Gasteiger partial charge is 0.479 e. The second-order valence-electron chi connectivity index (χ2n) is 6.96. The Morgan fingerprint density at radius 2 is 2.00 bits per heavy atom. The molecule has 1 N–H and O–H groups in total. The Kier molecular flexibility index (Phi) is 6.76. The normalized spacial score (nSPS) is 15.4. The Labute approximate surface area is 189 Å². The lowest BCUT2D eigenvalue weighted by molar-refractivity contribution is -0.274. The van der Waals surface area contributed by atoms with Crippen molar-refractivity contribution in [2.45, 2.75) is 12.9 Å². The minimum Gasteiger partial charge on any atom is -0.479 e. The summed E-state index contributed by atoms with van der Waals surface area (Å²) in [5.41, 5.74) is 1.14. The van der Waals surface area contributed by atoms with E-state index in [4.69, 9.17) is 9.57 Å². The van der Waals surface area contributed by atoms with E-state index < -0.39 is 12.5 Å². The third-order valence-electron chi connectivity index (χ3n) is 4.65. The lowest BCUT2D eigenvalue weighted by Crippen LogP contribution is -2.46. The fraction of sp³-hybridized carbons (Fsp3) is 0.368. The number of fused-ring (bicyclic) bond motifs is 1. The standard InChI is InChI=1S/C19H19F3N6O4S/c1-30-15-14-16(24-11-23-15)33-17(25-14)26-18(29)32-28-7-5-27(6-8-28)10-12-3-2-4-13(9-12)31-19(20,21)22/h2-4,9,11H,5-8,10H2,1H3,(H,25,26,29). The summed E-state index contributed by atoms with van der Waals surface area (Å²) in [5, 5.41) is 4.38. The van der Waals surface area contributed by atoms with E-state index in [1.165, 1.54) is 36.7 Å². The van der Waals surface area contributed by atoms with Crippen LogP contribution in [0.3, 0.4) is 0 Å². The van der Waals surface area contributed by atoms with Crippen molar-refractivity contribution in [2.75, 3.05) is 38.6 Å². The third kappa shape index (κ3) is 6.18. The average molecular weight is 484 g/mol. The summed E-state index contributed by atoms with van der Waals surface area (Å²) in [6.45, 7) is 2.44. The minimum absolute atomic E-state index is 0.253. The SMILES string of the molecule is COc1ncnc2sc(NC(=O)ON3CCN(Cc4cccc(OC(F)(F)F)c4)CC3)nc12. The molecule has 0 saturated carbocycles. The molecule has 0 spiro atoms. The molecule has 2 aromatic heterocycles. The van der Waals surface area contributed by atoms with Crippen LogP contribution in [-0.4, -0.2) is 70.7 Å². The Balaban J connectivity index is 1.26. The number of amides is 1. The van der Waals surface area contributed by atoms with Crippen LogP contribution in [0.4, 0.5) is 23.1 Å². The number of aromatic nitrogens is 3. The lowest BCUT2D eigenvalue weighted by atomic mass is 10.2. The first kappa shape index (κ1) is 22.9. The zero-order chi connectivity index (χ0) is 23.4. The third-order valence-corrected chi connectivity index (χ3v) is 5.52. The Morgan fingerprint density at radius 3 is 2.73 bits per heavy atom. The van der Waals surface area contributed by atoms with Gasteiger partial charge in [-0.15, -0.1) is 18.2 Å². The highest BCUT2D eigenvalue weighted by Gasteiger charge is 2.31. The number of thiazole rings is 1. The van der Waals surface area contributed by atoms with Crippen molar-refractivity contribution in [2.24, 2.45) is 0 Å². The van der Waals surface area contributed by atoms with Crippen molar-refractivity contribution in [1.29, 1.82) is 0 Å². The number of carbonyl (C=O) groups excluding carboxylic acids is 1. The van der Waals surface area contributed by atoms with Gasteiger partial charge in [0.15, 0.2) is 15.5 Å². The van der Waals surface area contributed by atoms with Crippen LogP contribution in [0.25, 0.3) is 10.3 Å². The fourth-order valence-corrected chi connectivity index (χ4v) is 4.03. The van der Waals surface area contributed by atoms with Gasteiger partial charge in [0.1, 0.15) is 12.1 Å². The number of halogens is 3. The number of hydroxylamine groups is 2. The van der Waals surface area contributed by atoms with Crippen LogP contribution in [0.1, 0.15) is 5.56 Å². The van der Waals surface area contributed by atoms with Crippen molar-refractivity contribution in [3.05, 3.63) is 36.2 Å². The molecule has 0 radical (unpaired) electrons. The van der Waals surface area contributed by atoms with Crippen molar-refractivity contribution in [1.82, 2.24) is 24.9 Å². The molecule has 176 valence electrons. The molecule has 0 atom stereocenters. The number of nitrogens with zero attached hydrogens (tertiary/aromatic N) is 5. The fourth-order valence-electron chi connectivity index (χ4n) is 3.24. The first-order chi connectivity index (χ1) is 15.8. The summed E-state index contributed by atoms with van der Waals surface area (Å²) in [7, 11) is 1.47. The van der Waals surface area contributed by atoms with Gasteiger partial charge in [-0.3, -0.25) is 10.2 Å². The van der Waals surface area contributed by atoms with E-state index in [1.54, 1.807) is 6.07 Å². The van der Waals surface area contributed by atoms with Gasteiger partial charge in [-0.25, -0.2) is 14.8 Å². The molecular weight excluding hydrogens is 465 g/mol. The van der Waals surface area contributed by atoms with Crippen molar-refractivity contribution < 1.29 is 32.3 Å².